The normalized spacial score (nSPS) is 14.9. The van der Waals surface area contributed by atoms with Crippen LogP contribution in [0.25, 0.3) is 0 Å². The zero-order valence-corrected chi connectivity index (χ0v) is 12.8. The van der Waals surface area contributed by atoms with E-state index in [4.69, 9.17) is 4.74 Å². The van der Waals surface area contributed by atoms with Crippen molar-refractivity contribution < 1.29 is 14.6 Å². The van der Waals surface area contributed by atoms with Gasteiger partial charge in [0.1, 0.15) is 6.10 Å². The van der Waals surface area contributed by atoms with E-state index in [-0.39, 0.29) is 6.10 Å². The summed E-state index contributed by atoms with van der Waals surface area (Å²) < 4.78 is 5.44. The number of pyridine rings is 1. The van der Waals surface area contributed by atoms with Gasteiger partial charge in [-0.2, -0.15) is 0 Å². The van der Waals surface area contributed by atoms with Crippen molar-refractivity contribution in [2.75, 3.05) is 0 Å². The number of aromatic nitrogens is 1. The van der Waals surface area contributed by atoms with Crippen molar-refractivity contribution in [1.82, 2.24) is 4.98 Å². The number of esters is 1. The second kappa shape index (κ2) is 7.71. The Hall–Kier alpha value is -2.20. The molecule has 116 valence electrons. The molecule has 1 aromatic carbocycles. The van der Waals surface area contributed by atoms with E-state index in [2.05, 4.69) is 4.98 Å². The lowest BCUT2D eigenvalue weighted by molar-refractivity contribution is -0.156. The molecule has 0 saturated heterocycles. The number of aliphatic hydroxyl groups excluding tert-OH is 1. The fourth-order valence-corrected chi connectivity index (χ4v) is 2.26. The predicted octanol–water partition coefficient (Wildman–Crippen LogP) is 2.93. The Labute approximate surface area is 130 Å². The van der Waals surface area contributed by atoms with Crippen LogP contribution in [0.15, 0.2) is 54.9 Å². The molecule has 4 nitrogen and oxygen atoms in total. The van der Waals surface area contributed by atoms with Gasteiger partial charge in [0.2, 0.25) is 0 Å². The van der Waals surface area contributed by atoms with Crippen molar-refractivity contribution in [3.8, 4) is 0 Å². The zero-order valence-electron chi connectivity index (χ0n) is 12.8. The molecule has 0 aliphatic rings. The Morgan fingerprint density at radius 3 is 2.55 bits per heavy atom. The van der Waals surface area contributed by atoms with Crippen molar-refractivity contribution in [1.29, 1.82) is 0 Å². The largest absolute Gasteiger partial charge is 0.462 e. The third-order valence-corrected chi connectivity index (χ3v) is 3.55. The van der Waals surface area contributed by atoms with Crippen LogP contribution in [0.3, 0.4) is 0 Å². The third kappa shape index (κ3) is 4.40. The van der Waals surface area contributed by atoms with Crippen LogP contribution in [0.5, 0.6) is 0 Å². The predicted molar refractivity (Wildman–Crippen MR) is 84.1 cm³/mol. The second-order valence-electron chi connectivity index (χ2n) is 5.46. The van der Waals surface area contributed by atoms with E-state index < -0.39 is 18.0 Å². The molecule has 1 heterocycles. The second-order valence-corrected chi connectivity index (χ2v) is 5.46. The quantitative estimate of drug-likeness (QED) is 0.833. The van der Waals surface area contributed by atoms with Crippen molar-refractivity contribution in [2.24, 2.45) is 5.92 Å². The smallest absolute Gasteiger partial charge is 0.311 e. The first-order chi connectivity index (χ1) is 10.6. The maximum absolute atomic E-state index is 12.2. The van der Waals surface area contributed by atoms with E-state index in [1.165, 1.54) is 0 Å². The molecule has 0 fully saturated rings. The molecule has 0 aliphatic carbocycles. The fourth-order valence-electron chi connectivity index (χ4n) is 2.26. The summed E-state index contributed by atoms with van der Waals surface area (Å²) in [4.78, 5) is 16.1. The van der Waals surface area contributed by atoms with Crippen LogP contribution in [0, 0.1) is 5.92 Å². The van der Waals surface area contributed by atoms with Gasteiger partial charge in [-0.05, 0) is 31.0 Å². The van der Waals surface area contributed by atoms with Gasteiger partial charge in [0.15, 0.2) is 0 Å². The topological polar surface area (TPSA) is 59.4 Å². The van der Waals surface area contributed by atoms with Crippen LogP contribution in [0.2, 0.25) is 0 Å². The van der Waals surface area contributed by atoms with Gasteiger partial charge in [-0.25, -0.2) is 0 Å². The minimum absolute atomic E-state index is 0.238. The Balaban J connectivity index is 1.91. The molecule has 0 amide bonds. The van der Waals surface area contributed by atoms with Crippen LogP contribution in [0.1, 0.15) is 31.1 Å². The van der Waals surface area contributed by atoms with Crippen molar-refractivity contribution in [2.45, 2.75) is 32.5 Å². The summed E-state index contributed by atoms with van der Waals surface area (Å²) in [6.07, 6.45) is 2.69. The highest BCUT2D eigenvalue weighted by atomic mass is 16.5. The molecule has 0 radical (unpaired) electrons. The molecule has 0 spiro atoms. The molecule has 1 N–H and O–H groups in total. The number of hydrogen-bond acceptors (Lipinski definition) is 4. The van der Waals surface area contributed by atoms with Gasteiger partial charge in [-0.15, -0.1) is 0 Å². The van der Waals surface area contributed by atoms with Gasteiger partial charge >= 0.3 is 5.97 Å². The molecule has 3 atom stereocenters. The van der Waals surface area contributed by atoms with Crippen molar-refractivity contribution >= 4 is 5.97 Å². The average molecular weight is 299 g/mol. The van der Waals surface area contributed by atoms with Gasteiger partial charge in [0.25, 0.3) is 0 Å². The zero-order chi connectivity index (χ0) is 15.9. The molecule has 0 aliphatic heterocycles. The number of aliphatic hydroxyl groups is 1. The fraction of sp³-hybridized carbons (Fsp3) is 0.333. The monoisotopic (exact) mass is 299 g/mol. The van der Waals surface area contributed by atoms with E-state index in [1.54, 1.807) is 31.5 Å². The molecule has 0 saturated carbocycles. The Kier molecular flexibility index (Phi) is 5.67. The summed E-state index contributed by atoms with van der Waals surface area (Å²) in [6.45, 7) is 3.52. The first kappa shape index (κ1) is 16.2. The first-order valence-corrected chi connectivity index (χ1v) is 7.40. The molecule has 0 bridgehead atoms. The van der Waals surface area contributed by atoms with Crippen LogP contribution in [0.4, 0.5) is 0 Å². The number of carbonyl (C=O) groups is 1. The van der Waals surface area contributed by atoms with E-state index >= 15 is 0 Å². The Bertz CT molecular complexity index is 586. The van der Waals surface area contributed by atoms with Crippen LogP contribution < -0.4 is 0 Å². The molecule has 2 aromatic rings. The molecular weight excluding hydrogens is 278 g/mol. The summed E-state index contributed by atoms with van der Waals surface area (Å²) >= 11 is 0. The molecule has 4 heteroatoms. The van der Waals surface area contributed by atoms with E-state index in [9.17, 15) is 9.90 Å². The highest BCUT2D eigenvalue weighted by Crippen LogP contribution is 2.22. The summed E-state index contributed by atoms with van der Waals surface area (Å²) in [6, 6.07) is 13.3. The lowest BCUT2D eigenvalue weighted by Crippen LogP contribution is -2.26. The SMILES string of the molecule is CC(Cc1ccccc1)OC(=O)C(C)C(O)c1cccnc1. The summed E-state index contributed by atoms with van der Waals surface area (Å²) in [5, 5.41) is 10.2. The Morgan fingerprint density at radius 1 is 1.18 bits per heavy atom. The minimum atomic E-state index is -0.912. The van der Waals surface area contributed by atoms with Gasteiger partial charge in [0, 0.05) is 18.8 Å². The van der Waals surface area contributed by atoms with Crippen LogP contribution >= 0.6 is 0 Å². The van der Waals surface area contributed by atoms with Gasteiger partial charge in [0.05, 0.1) is 12.0 Å². The summed E-state index contributed by atoms with van der Waals surface area (Å²) in [5.74, 6) is -1.04. The van der Waals surface area contributed by atoms with E-state index in [1.807, 2.05) is 37.3 Å². The van der Waals surface area contributed by atoms with Crippen LogP contribution in [-0.2, 0) is 16.0 Å². The molecule has 2 rings (SSSR count). The lowest BCUT2D eigenvalue weighted by atomic mass is 9.99. The first-order valence-electron chi connectivity index (χ1n) is 7.40. The number of nitrogens with zero attached hydrogens (tertiary/aromatic N) is 1. The van der Waals surface area contributed by atoms with Crippen LogP contribution in [-0.4, -0.2) is 22.2 Å². The third-order valence-electron chi connectivity index (χ3n) is 3.55. The van der Waals surface area contributed by atoms with E-state index in [0.717, 1.165) is 5.56 Å². The van der Waals surface area contributed by atoms with Gasteiger partial charge in [-0.1, -0.05) is 36.4 Å². The van der Waals surface area contributed by atoms with Crippen molar-refractivity contribution in [3.05, 3.63) is 66.0 Å². The highest BCUT2D eigenvalue weighted by molar-refractivity contribution is 5.73. The molecule has 3 unspecified atom stereocenters. The van der Waals surface area contributed by atoms with E-state index in [0.29, 0.717) is 12.0 Å². The lowest BCUT2D eigenvalue weighted by Gasteiger charge is -2.20. The number of hydrogen-bond donors (Lipinski definition) is 1. The standard InChI is InChI=1S/C18H21NO3/c1-13(11-15-7-4-3-5-8-15)22-18(21)14(2)17(20)16-9-6-10-19-12-16/h3-10,12-14,17,20H,11H2,1-2H3. The van der Waals surface area contributed by atoms with Crippen molar-refractivity contribution in [3.63, 3.8) is 0 Å². The minimum Gasteiger partial charge on any atom is -0.462 e. The van der Waals surface area contributed by atoms with Gasteiger partial charge < -0.3 is 9.84 Å². The molecule has 1 aromatic heterocycles. The number of benzene rings is 1. The summed E-state index contributed by atoms with van der Waals surface area (Å²) in [7, 11) is 0. The number of ether oxygens (including phenoxy) is 1. The maximum atomic E-state index is 12.2. The number of carbonyl (C=O) groups excluding carboxylic acids is 1. The summed E-state index contributed by atoms with van der Waals surface area (Å²) in [5.41, 5.74) is 1.73. The Morgan fingerprint density at radius 2 is 1.91 bits per heavy atom. The maximum Gasteiger partial charge on any atom is 0.311 e. The van der Waals surface area contributed by atoms with Gasteiger partial charge in [-0.3, -0.25) is 9.78 Å². The molecule has 22 heavy (non-hydrogen) atoms. The molecular formula is C18H21NO3. The number of rotatable bonds is 6. The average Bonchev–Trinajstić information content (AvgIpc) is 2.55. The highest BCUT2D eigenvalue weighted by Gasteiger charge is 2.26.